The Bertz CT molecular complexity index is 641. The van der Waals surface area contributed by atoms with Gasteiger partial charge in [-0.1, -0.05) is 6.58 Å². The molecule has 3 rings (SSSR count). The molecule has 0 unspecified atom stereocenters. The van der Waals surface area contributed by atoms with Crippen molar-refractivity contribution in [2.45, 2.75) is 25.4 Å². The van der Waals surface area contributed by atoms with Crippen LogP contribution in [0.1, 0.15) is 28.8 Å². The molecule has 108 valence electrons. The van der Waals surface area contributed by atoms with E-state index in [0.717, 1.165) is 24.1 Å². The molecule has 1 aromatic heterocycles. The van der Waals surface area contributed by atoms with Gasteiger partial charge in [0.2, 0.25) is 0 Å². The number of carbonyl (C=O) groups excluding carboxylic acids is 1. The third-order valence-electron chi connectivity index (χ3n) is 3.40. The van der Waals surface area contributed by atoms with Gasteiger partial charge < -0.3 is 10.6 Å². The maximum atomic E-state index is 11.9. The van der Waals surface area contributed by atoms with Crippen LogP contribution in [0.2, 0.25) is 0 Å². The topological polar surface area (TPSA) is 59.0 Å². The summed E-state index contributed by atoms with van der Waals surface area (Å²) in [5.41, 5.74) is 2.75. The van der Waals surface area contributed by atoms with Crippen molar-refractivity contribution in [2.75, 3.05) is 5.32 Å². The van der Waals surface area contributed by atoms with Crippen molar-refractivity contribution in [2.24, 2.45) is 0 Å². The second-order valence-electron chi connectivity index (χ2n) is 5.19. The van der Waals surface area contributed by atoms with Gasteiger partial charge in [-0.25, -0.2) is 4.68 Å². The second kappa shape index (κ2) is 5.83. The Morgan fingerprint density at radius 1 is 1.38 bits per heavy atom. The lowest BCUT2D eigenvalue weighted by Gasteiger charge is -2.07. The van der Waals surface area contributed by atoms with Crippen molar-refractivity contribution in [3.8, 4) is 0 Å². The average Bonchev–Trinajstić information content (AvgIpc) is 3.20. The Balaban J connectivity index is 1.56. The molecule has 5 nitrogen and oxygen atoms in total. The molecule has 21 heavy (non-hydrogen) atoms. The molecule has 0 aliphatic heterocycles. The fourth-order valence-electron chi connectivity index (χ4n) is 2.01. The number of benzene rings is 1. The predicted octanol–water partition coefficient (Wildman–Crippen LogP) is 2.49. The zero-order valence-corrected chi connectivity index (χ0v) is 11.7. The van der Waals surface area contributed by atoms with Crippen molar-refractivity contribution in [1.29, 1.82) is 0 Å². The summed E-state index contributed by atoms with van der Waals surface area (Å²) < 4.78 is 1.67. The van der Waals surface area contributed by atoms with Gasteiger partial charge in [0, 0.05) is 41.8 Å². The van der Waals surface area contributed by atoms with Gasteiger partial charge in [0.15, 0.2) is 0 Å². The Morgan fingerprint density at radius 2 is 2.14 bits per heavy atom. The number of rotatable bonds is 6. The van der Waals surface area contributed by atoms with Crippen LogP contribution < -0.4 is 10.6 Å². The van der Waals surface area contributed by atoms with Crippen LogP contribution in [0.5, 0.6) is 0 Å². The first-order chi connectivity index (χ1) is 10.2. The highest BCUT2D eigenvalue weighted by Crippen LogP contribution is 2.19. The Kier molecular flexibility index (Phi) is 3.73. The smallest absolute Gasteiger partial charge is 0.251 e. The highest BCUT2D eigenvalue weighted by molar-refractivity contribution is 5.94. The molecule has 0 saturated heterocycles. The molecule has 0 bridgehead atoms. The lowest BCUT2D eigenvalue weighted by molar-refractivity contribution is 0.0951. The first-order valence-corrected chi connectivity index (χ1v) is 7.05. The van der Waals surface area contributed by atoms with Crippen LogP contribution in [0.4, 0.5) is 5.69 Å². The van der Waals surface area contributed by atoms with E-state index >= 15 is 0 Å². The SMILES string of the molecule is C=Cn1cc(CNc2ccc(C(=O)NC3CC3)cc2)cn1. The lowest BCUT2D eigenvalue weighted by atomic mass is 10.2. The molecular weight excluding hydrogens is 264 g/mol. The Morgan fingerprint density at radius 3 is 2.76 bits per heavy atom. The van der Waals surface area contributed by atoms with Crippen molar-refractivity contribution in [3.05, 3.63) is 54.4 Å². The number of carbonyl (C=O) groups is 1. The highest BCUT2D eigenvalue weighted by Gasteiger charge is 2.23. The molecule has 1 saturated carbocycles. The molecule has 0 spiro atoms. The van der Waals surface area contributed by atoms with Crippen LogP contribution >= 0.6 is 0 Å². The van der Waals surface area contributed by atoms with E-state index in [1.807, 2.05) is 30.5 Å². The molecule has 1 aliphatic rings. The van der Waals surface area contributed by atoms with Gasteiger partial charge in [0.1, 0.15) is 0 Å². The molecule has 1 aromatic carbocycles. The molecule has 1 fully saturated rings. The maximum absolute atomic E-state index is 11.9. The number of hydrogen-bond acceptors (Lipinski definition) is 3. The molecule has 0 radical (unpaired) electrons. The third-order valence-corrected chi connectivity index (χ3v) is 3.40. The summed E-state index contributed by atoms with van der Waals surface area (Å²) in [5, 5.41) is 10.4. The largest absolute Gasteiger partial charge is 0.381 e. The molecule has 1 heterocycles. The Labute approximate surface area is 123 Å². The summed E-state index contributed by atoms with van der Waals surface area (Å²) in [4.78, 5) is 11.9. The molecule has 1 aliphatic carbocycles. The molecular formula is C16H18N4O. The van der Waals surface area contributed by atoms with Gasteiger partial charge in [0.25, 0.3) is 5.91 Å². The quantitative estimate of drug-likeness (QED) is 0.855. The monoisotopic (exact) mass is 282 g/mol. The lowest BCUT2D eigenvalue weighted by Crippen LogP contribution is -2.25. The fraction of sp³-hybridized carbons (Fsp3) is 0.250. The van der Waals surface area contributed by atoms with Crippen molar-refractivity contribution in [1.82, 2.24) is 15.1 Å². The summed E-state index contributed by atoms with van der Waals surface area (Å²) in [6, 6.07) is 7.90. The molecule has 0 atom stereocenters. The van der Waals surface area contributed by atoms with Gasteiger partial charge in [0.05, 0.1) is 6.20 Å². The van der Waals surface area contributed by atoms with E-state index in [1.165, 1.54) is 0 Å². The predicted molar refractivity (Wildman–Crippen MR) is 82.9 cm³/mol. The van der Waals surface area contributed by atoms with Gasteiger partial charge in [-0.2, -0.15) is 5.10 Å². The van der Waals surface area contributed by atoms with Crippen LogP contribution in [0.3, 0.4) is 0 Å². The van der Waals surface area contributed by atoms with Crippen LogP contribution in [-0.4, -0.2) is 21.7 Å². The van der Waals surface area contributed by atoms with E-state index in [-0.39, 0.29) is 5.91 Å². The van der Waals surface area contributed by atoms with E-state index in [0.29, 0.717) is 18.2 Å². The van der Waals surface area contributed by atoms with E-state index in [1.54, 1.807) is 17.1 Å². The first-order valence-electron chi connectivity index (χ1n) is 7.05. The van der Waals surface area contributed by atoms with Crippen molar-refractivity contribution < 1.29 is 4.79 Å². The van der Waals surface area contributed by atoms with Crippen molar-refractivity contribution in [3.63, 3.8) is 0 Å². The zero-order chi connectivity index (χ0) is 14.7. The minimum atomic E-state index is 0.0105. The van der Waals surface area contributed by atoms with E-state index in [2.05, 4.69) is 22.3 Å². The van der Waals surface area contributed by atoms with E-state index < -0.39 is 0 Å². The van der Waals surface area contributed by atoms with Crippen LogP contribution in [0.15, 0.2) is 43.2 Å². The third kappa shape index (κ3) is 3.51. The standard InChI is InChI=1S/C16H18N4O/c1-2-20-11-12(10-18-20)9-17-14-5-3-13(4-6-14)16(21)19-15-7-8-15/h2-6,10-11,15,17H,1,7-9H2,(H,19,21). The normalized spacial score (nSPS) is 13.7. The number of nitrogens with one attached hydrogen (secondary N) is 2. The summed E-state index contributed by atoms with van der Waals surface area (Å²) in [7, 11) is 0. The average molecular weight is 282 g/mol. The molecule has 2 aromatic rings. The van der Waals surface area contributed by atoms with Crippen LogP contribution in [-0.2, 0) is 6.54 Å². The molecule has 2 N–H and O–H groups in total. The minimum Gasteiger partial charge on any atom is -0.381 e. The minimum absolute atomic E-state index is 0.0105. The second-order valence-corrected chi connectivity index (χ2v) is 5.19. The van der Waals surface area contributed by atoms with E-state index in [9.17, 15) is 4.79 Å². The van der Waals surface area contributed by atoms with Gasteiger partial charge in [-0.15, -0.1) is 0 Å². The van der Waals surface area contributed by atoms with E-state index in [4.69, 9.17) is 0 Å². The summed E-state index contributed by atoms with van der Waals surface area (Å²) in [5.74, 6) is 0.0105. The van der Waals surface area contributed by atoms with Gasteiger partial charge >= 0.3 is 0 Å². The zero-order valence-electron chi connectivity index (χ0n) is 11.7. The molecule has 5 heteroatoms. The Hall–Kier alpha value is -2.56. The van der Waals surface area contributed by atoms with Gasteiger partial charge in [-0.3, -0.25) is 4.79 Å². The first kappa shape index (κ1) is 13.4. The van der Waals surface area contributed by atoms with Crippen molar-refractivity contribution >= 4 is 17.8 Å². The number of hydrogen-bond donors (Lipinski definition) is 2. The van der Waals surface area contributed by atoms with Crippen LogP contribution in [0.25, 0.3) is 6.20 Å². The summed E-state index contributed by atoms with van der Waals surface area (Å²) in [6.45, 7) is 4.34. The fourth-order valence-corrected chi connectivity index (χ4v) is 2.01. The number of nitrogens with zero attached hydrogens (tertiary/aromatic N) is 2. The summed E-state index contributed by atoms with van der Waals surface area (Å²) in [6.07, 6.45) is 7.56. The molecule has 1 amide bonds. The number of amides is 1. The number of anilines is 1. The van der Waals surface area contributed by atoms with Crippen LogP contribution in [0, 0.1) is 0 Å². The maximum Gasteiger partial charge on any atom is 0.251 e. The van der Waals surface area contributed by atoms with Gasteiger partial charge in [-0.05, 0) is 37.1 Å². The summed E-state index contributed by atoms with van der Waals surface area (Å²) >= 11 is 0. The highest BCUT2D eigenvalue weighted by atomic mass is 16.1. The number of aromatic nitrogens is 2.